The second-order valence-corrected chi connectivity index (χ2v) is 19.1. The Hall–Kier alpha value is -2.83. The van der Waals surface area contributed by atoms with Crippen LogP contribution in [0.1, 0.15) is 245 Å². The molecular formula is C57H100O11. The molecule has 0 aromatic rings. The lowest BCUT2D eigenvalue weighted by Gasteiger charge is -2.38. The monoisotopic (exact) mass is 961 g/mol. The van der Waals surface area contributed by atoms with Crippen molar-refractivity contribution in [3.63, 3.8) is 0 Å². The molecule has 0 radical (unpaired) electrons. The quantitative estimate of drug-likeness (QED) is 0.0260. The van der Waals surface area contributed by atoms with E-state index in [1.807, 2.05) is 0 Å². The molecule has 0 amide bonds. The van der Waals surface area contributed by atoms with Gasteiger partial charge in [0, 0.05) is 12.8 Å². The third-order valence-corrected chi connectivity index (χ3v) is 12.7. The molecule has 1 fully saturated rings. The van der Waals surface area contributed by atoms with Gasteiger partial charge in [-0.15, -0.1) is 0 Å². The van der Waals surface area contributed by atoms with Gasteiger partial charge in [-0.1, -0.05) is 204 Å². The lowest BCUT2D eigenvalue weighted by Crippen LogP contribution is -2.60. The first-order valence-electron chi connectivity index (χ1n) is 27.7. The SMILES string of the molecule is CCCCC/C=C\C/C=C\C/C=C\CCCCCCCCC(=O)OCC(COC1OC(C(=O)O)C(O)C(O)C1O)OC(=O)CCCCCCCCCCCCC/C=C\CCCCCCCCCC. The molecule has 11 nitrogen and oxygen atoms in total. The van der Waals surface area contributed by atoms with Crippen LogP contribution in [0.2, 0.25) is 0 Å². The molecule has 1 aliphatic heterocycles. The standard InChI is InChI=1S/C57H100O11/c1-3-5-7-9-11-13-15-17-19-21-23-24-25-26-28-30-32-34-36-38-40-42-44-46-51(59)67-49(48-66-57-54(62)52(60)53(61)55(68-57)56(63)64)47-65-50(58)45-43-41-39-37-35-33-31-29-27-22-20-18-16-14-12-10-8-6-4-2/h12,14,18,20-21,23,27,29,49,52-55,57,60-62H,3-11,13,15-17,19,22,24-26,28,30-48H2,1-2H3,(H,63,64)/b14-12-,20-18-,23-21-,29-27-. The van der Waals surface area contributed by atoms with Gasteiger partial charge in [-0.2, -0.15) is 0 Å². The van der Waals surface area contributed by atoms with Crippen molar-refractivity contribution in [3.8, 4) is 0 Å². The van der Waals surface area contributed by atoms with Crippen molar-refractivity contribution >= 4 is 17.9 Å². The lowest BCUT2D eigenvalue weighted by molar-refractivity contribution is -0.298. The summed E-state index contributed by atoms with van der Waals surface area (Å²) in [6, 6.07) is 0. The Morgan fingerprint density at radius 1 is 0.456 bits per heavy atom. The maximum atomic E-state index is 12.9. The average Bonchev–Trinajstić information content (AvgIpc) is 3.32. The van der Waals surface area contributed by atoms with Gasteiger partial charge < -0.3 is 39.4 Å². The van der Waals surface area contributed by atoms with E-state index in [2.05, 4.69) is 62.5 Å². The first-order valence-corrected chi connectivity index (χ1v) is 27.7. The van der Waals surface area contributed by atoms with Gasteiger partial charge in [0.1, 0.15) is 24.9 Å². The van der Waals surface area contributed by atoms with Crippen LogP contribution in [0.25, 0.3) is 0 Å². The molecule has 394 valence electrons. The third-order valence-electron chi connectivity index (χ3n) is 12.7. The van der Waals surface area contributed by atoms with E-state index < -0.39 is 61.3 Å². The summed E-state index contributed by atoms with van der Waals surface area (Å²) in [5.41, 5.74) is 0. The highest BCUT2D eigenvalue weighted by atomic mass is 16.7. The smallest absolute Gasteiger partial charge is 0.335 e. The van der Waals surface area contributed by atoms with Crippen LogP contribution >= 0.6 is 0 Å². The molecule has 4 N–H and O–H groups in total. The summed E-state index contributed by atoms with van der Waals surface area (Å²) in [7, 11) is 0. The molecule has 1 aliphatic rings. The van der Waals surface area contributed by atoms with Crippen molar-refractivity contribution in [1.82, 2.24) is 0 Å². The van der Waals surface area contributed by atoms with E-state index in [-0.39, 0.29) is 19.4 Å². The van der Waals surface area contributed by atoms with E-state index >= 15 is 0 Å². The van der Waals surface area contributed by atoms with Crippen LogP contribution in [0.3, 0.4) is 0 Å². The molecule has 0 bridgehead atoms. The zero-order valence-electron chi connectivity index (χ0n) is 43.1. The van der Waals surface area contributed by atoms with Gasteiger partial charge in [0.05, 0.1) is 6.61 Å². The van der Waals surface area contributed by atoms with Crippen LogP contribution in [0.4, 0.5) is 0 Å². The molecule has 6 unspecified atom stereocenters. The molecule has 0 spiro atoms. The van der Waals surface area contributed by atoms with Crippen LogP contribution in [-0.4, -0.2) is 88.4 Å². The molecule has 11 heteroatoms. The van der Waals surface area contributed by atoms with Crippen molar-refractivity contribution in [1.29, 1.82) is 0 Å². The number of allylic oxidation sites excluding steroid dienone is 8. The molecular weight excluding hydrogens is 861 g/mol. The Bertz CT molecular complexity index is 1310. The summed E-state index contributed by atoms with van der Waals surface area (Å²) >= 11 is 0. The number of aliphatic hydroxyl groups excluding tert-OH is 3. The van der Waals surface area contributed by atoms with Gasteiger partial charge in [0.25, 0.3) is 0 Å². The Labute approximate surface area is 414 Å². The van der Waals surface area contributed by atoms with Gasteiger partial charge in [0.2, 0.25) is 0 Å². The number of aliphatic hydroxyl groups is 3. The fourth-order valence-corrected chi connectivity index (χ4v) is 8.29. The first-order chi connectivity index (χ1) is 33.2. The minimum atomic E-state index is -1.86. The van der Waals surface area contributed by atoms with Crippen molar-refractivity contribution in [2.45, 2.75) is 282 Å². The molecule has 0 saturated carbocycles. The van der Waals surface area contributed by atoms with Crippen LogP contribution in [0.15, 0.2) is 48.6 Å². The Morgan fingerprint density at radius 2 is 0.824 bits per heavy atom. The van der Waals surface area contributed by atoms with E-state index in [1.54, 1.807) is 0 Å². The maximum absolute atomic E-state index is 12.9. The van der Waals surface area contributed by atoms with Crippen molar-refractivity contribution < 1.29 is 53.8 Å². The average molecular weight is 961 g/mol. The highest BCUT2D eigenvalue weighted by Gasteiger charge is 2.47. The number of unbranched alkanes of at least 4 members (excludes halogenated alkanes) is 28. The molecule has 1 saturated heterocycles. The van der Waals surface area contributed by atoms with Gasteiger partial charge in [0.15, 0.2) is 18.5 Å². The number of hydrogen-bond donors (Lipinski definition) is 4. The molecule has 1 heterocycles. The summed E-state index contributed by atoms with van der Waals surface area (Å²) in [5, 5.41) is 40.0. The van der Waals surface area contributed by atoms with Gasteiger partial charge >= 0.3 is 17.9 Å². The minimum absolute atomic E-state index is 0.179. The fraction of sp³-hybridized carbons (Fsp3) is 0.807. The number of ether oxygens (including phenoxy) is 4. The van der Waals surface area contributed by atoms with Gasteiger partial charge in [-0.3, -0.25) is 9.59 Å². The normalized spacial score (nSPS) is 19.2. The number of aliphatic carboxylic acids is 1. The molecule has 0 aromatic carbocycles. The Balaban J connectivity index is 2.27. The van der Waals surface area contributed by atoms with Crippen molar-refractivity contribution in [2.24, 2.45) is 0 Å². The minimum Gasteiger partial charge on any atom is -0.479 e. The number of rotatable bonds is 47. The van der Waals surface area contributed by atoms with E-state index in [0.29, 0.717) is 12.8 Å². The van der Waals surface area contributed by atoms with Crippen molar-refractivity contribution in [3.05, 3.63) is 48.6 Å². The summed E-state index contributed by atoms with van der Waals surface area (Å²) in [4.78, 5) is 37.1. The van der Waals surface area contributed by atoms with Gasteiger partial charge in [-0.05, 0) is 77.0 Å². The highest BCUT2D eigenvalue weighted by Crippen LogP contribution is 2.23. The second kappa shape index (κ2) is 46.5. The Morgan fingerprint density at radius 3 is 1.28 bits per heavy atom. The van der Waals surface area contributed by atoms with Crippen LogP contribution in [0, 0.1) is 0 Å². The lowest BCUT2D eigenvalue weighted by atomic mass is 9.99. The number of esters is 2. The largest absolute Gasteiger partial charge is 0.479 e. The zero-order valence-corrected chi connectivity index (χ0v) is 43.1. The second-order valence-electron chi connectivity index (χ2n) is 19.1. The fourth-order valence-electron chi connectivity index (χ4n) is 8.29. The number of carbonyl (C=O) groups is 3. The molecule has 1 rings (SSSR count). The topological polar surface area (TPSA) is 169 Å². The number of carbonyl (C=O) groups excluding carboxylic acids is 2. The first kappa shape index (κ1) is 63.2. The van der Waals surface area contributed by atoms with Gasteiger partial charge in [-0.25, -0.2) is 4.79 Å². The summed E-state index contributed by atoms with van der Waals surface area (Å²) in [6.45, 7) is 3.81. The third kappa shape index (κ3) is 37.1. The molecule has 0 aliphatic carbocycles. The summed E-state index contributed by atoms with van der Waals surface area (Å²) in [6.07, 6.45) is 48.7. The number of carboxylic acids is 1. The van der Waals surface area contributed by atoms with Crippen LogP contribution in [-0.2, 0) is 33.3 Å². The Kier molecular flexibility index (Phi) is 43.3. The zero-order chi connectivity index (χ0) is 49.6. The predicted molar refractivity (Wildman–Crippen MR) is 275 cm³/mol. The maximum Gasteiger partial charge on any atom is 0.335 e. The van der Waals surface area contributed by atoms with E-state index in [0.717, 1.165) is 70.6 Å². The van der Waals surface area contributed by atoms with Crippen LogP contribution in [0.5, 0.6) is 0 Å². The molecule has 68 heavy (non-hydrogen) atoms. The number of hydrogen-bond acceptors (Lipinski definition) is 10. The predicted octanol–water partition coefficient (Wildman–Crippen LogP) is 13.7. The van der Waals surface area contributed by atoms with E-state index in [9.17, 15) is 34.8 Å². The number of carboxylic acid groups (broad SMARTS) is 1. The van der Waals surface area contributed by atoms with E-state index in [1.165, 1.54) is 135 Å². The van der Waals surface area contributed by atoms with Crippen molar-refractivity contribution in [2.75, 3.05) is 13.2 Å². The summed E-state index contributed by atoms with van der Waals surface area (Å²) in [5.74, 6) is -2.45. The molecule has 6 atom stereocenters. The van der Waals surface area contributed by atoms with E-state index in [4.69, 9.17) is 18.9 Å². The summed E-state index contributed by atoms with van der Waals surface area (Å²) < 4.78 is 21.9. The molecule has 0 aromatic heterocycles. The highest BCUT2D eigenvalue weighted by molar-refractivity contribution is 5.73. The van der Waals surface area contributed by atoms with Crippen LogP contribution < -0.4 is 0 Å².